The van der Waals surface area contributed by atoms with Crippen LogP contribution in [0.25, 0.3) is 0 Å². The minimum atomic E-state index is 0.773. The number of hydrogen-bond acceptors (Lipinski definition) is 1. The highest BCUT2D eigenvalue weighted by Crippen LogP contribution is 2.35. The van der Waals surface area contributed by atoms with Gasteiger partial charge in [-0.25, -0.2) is 0 Å². The van der Waals surface area contributed by atoms with Crippen LogP contribution in [0.5, 0.6) is 5.75 Å². The van der Waals surface area contributed by atoms with Crippen LogP contribution in [0, 0.1) is 17.8 Å². The largest absolute Gasteiger partial charge is 0.494 e. The number of rotatable bonds is 12. The molecule has 0 amide bonds. The molecule has 0 fully saturated rings. The van der Waals surface area contributed by atoms with Crippen molar-refractivity contribution in [2.75, 3.05) is 6.61 Å². The maximum absolute atomic E-state index is 5.86. The van der Waals surface area contributed by atoms with E-state index in [4.69, 9.17) is 4.74 Å². The Kier molecular flexibility index (Phi) is 9.89. The van der Waals surface area contributed by atoms with Gasteiger partial charge in [-0.15, -0.1) is 0 Å². The molecule has 0 N–H and O–H groups in total. The molecule has 2 unspecified atom stereocenters. The molecule has 0 spiro atoms. The molecule has 2 rings (SSSR count). The fraction of sp³-hybridized carbons (Fsp3) is 0.680. The van der Waals surface area contributed by atoms with Crippen molar-refractivity contribution in [3.8, 4) is 5.75 Å². The lowest BCUT2D eigenvalue weighted by molar-refractivity contribution is 0.292. The fourth-order valence-corrected chi connectivity index (χ4v) is 4.40. The molecule has 1 nitrogen and oxygen atoms in total. The summed E-state index contributed by atoms with van der Waals surface area (Å²) in [6.45, 7) is 7.88. The molecule has 0 saturated carbocycles. The summed E-state index contributed by atoms with van der Waals surface area (Å²) < 4.78 is 5.86. The predicted molar refractivity (Wildman–Crippen MR) is 114 cm³/mol. The smallest absolute Gasteiger partial charge is 0.119 e. The van der Waals surface area contributed by atoms with Gasteiger partial charge in [-0.3, -0.25) is 0 Å². The highest BCUT2D eigenvalue weighted by Gasteiger charge is 2.20. The second kappa shape index (κ2) is 12.2. The Balaban J connectivity index is 1.69. The molecule has 1 aliphatic rings. The molecule has 0 bridgehead atoms. The van der Waals surface area contributed by atoms with Crippen molar-refractivity contribution in [1.29, 1.82) is 0 Å². The van der Waals surface area contributed by atoms with Gasteiger partial charge in [0.15, 0.2) is 0 Å². The van der Waals surface area contributed by atoms with Gasteiger partial charge < -0.3 is 4.74 Å². The summed E-state index contributed by atoms with van der Waals surface area (Å²) in [5, 5.41) is 0. The fourth-order valence-electron chi connectivity index (χ4n) is 4.40. The number of allylic oxidation sites excluding steroid dienone is 2. The maximum Gasteiger partial charge on any atom is 0.119 e. The van der Waals surface area contributed by atoms with Gasteiger partial charge >= 0.3 is 0 Å². The van der Waals surface area contributed by atoms with Crippen molar-refractivity contribution >= 4 is 0 Å². The summed E-state index contributed by atoms with van der Waals surface area (Å²) in [6.07, 6.45) is 16.0. The molecule has 1 aromatic rings. The van der Waals surface area contributed by atoms with Crippen molar-refractivity contribution in [3.05, 3.63) is 42.0 Å². The van der Waals surface area contributed by atoms with Gasteiger partial charge in [0.1, 0.15) is 5.75 Å². The van der Waals surface area contributed by atoms with E-state index in [1.54, 1.807) is 5.57 Å². The van der Waals surface area contributed by atoms with E-state index in [1.165, 1.54) is 57.8 Å². The Hall–Kier alpha value is -1.24. The van der Waals surface area contributed by atoms with Crippen LogP contribution in [0.1, 0.15) is 85.0 Å². The molecule has 0 heterocycles. The zero-order chi connectivity index (χ0) is 18.6. The Morgan fingerprint density at radius 2 is 1.77 bits per heavy atom. The summed E-state index contributed by atoms with van der Waals surface area (Å²) >= 11 is 0. The first-order valence-corrected chi connectivity index (χ1v) is 11.1. The van der Waals surface area contributed by atoms with E-state index >= 15 is 0 Å². The van der Waals surface area contributed by atoms with Gasteiger partial charge in [0.05, 0.1) is 6.61 Å². The Bertz CT molecular complexity index is 500. The number of benzene rings is 1. The molecule has 1 aromatic carbocycles. The van der Waals surface area contributed by atoms with Gasteiger partial charge in [0.2, 0.25) is 0 Å². The van der Waals surface area contributed by atoms with Crippen molar-refractivity contribution in [1.82, 2.24) is 0 Å². The van der Waals surface area contributed by atoms with E-state index in [2.05, 4.69) is 26.8 Å². The molecule has 146 valence electrons. The lowest BCUT2D eigenvalue weighted by Gasteiger charge is -2.27. The molecule has 0 aliphatic heterocycles. The van der Waals surface area contributed by atoms with E-state index in [9.17, 15) is 0 Å². The van der Waals surface area contributed by atoms with Crippen molar-refractivity contribution in [2.24, 2.45) is 17.8 Å². The minimum Gasteiger partial charge on any atom is -0.494 e. The summed E-state index contributed by atoms with van der Waals surface area (Å²) in [4.78, 5) is 0. The quantitative estimate of drug-likeness (QED) is 0.274. The van der Waals surface area contributed by atoms with E-state index in [1.807, 2.05) is 30.3 Å². The van der Waals surface area contributed by atoms with Crippen LogP contribution in [-0.4, -0.2) is 6.61 Å². The van der Waals surface area contributed by atoms with E-state index in [0.29, 0.717) is 0 Å². The maximum atomic E-state index is 5.86. The van der Waals surface area contributed by atoms with Crippen LogP contribution in [0.15, 0.2) is 42.0 Å². The lowest BCUT2D eigenvalue weighted by Crippen LogP contribution is -2.13. The first-order chi connectivity index (χ1) is 12.8. The summed E-state index contributed by atoms with van der Waals surface area (Å²) in [7, 11) is 0. The Morgan fingerprint density at radius 3 is 2.38 bits per heavy atom. The summed E-state index contributed by atoms with van der Waals surface area (Å²) in [5.41, 5.74) is 1.74. The monoisotopic (exact) mass is 356 g/mol. The van der Waals surface area contributed by atoms with Crippen molar-refractivity contribution < 1.29 is 4.74 Å². The second-order valence-electron chi connectivity index (χ2n) is 8.09. The molecule has 1 heteroatoms. The van der Waals surface area contributed by atoms with E-state index < -0.39 is 0 Å². The molecular weight excluding hydrogens is 316 g/mol. The molecule has 0 radical (unpaired) electrons. The van der Waals surface area contributed by atoms with Gasteiger partial charge in [-0.2, -0.15) is 0 Å². The van der Waals surface area contributed by atoms with E-state index in [-0.39, 0.29) is 0 Å². The third-order valence-electron chi connectivity index (χ3n) is 6.42. The normalized spacial score (nSPS) is 18.6. The standard InChI is InChI=1S/C25H40O/c1-4-21(5-2)14-15-22-16-18-24(19-17-22)23(6-3)11-10-20-26-25-12-8-7-9-13-25/h7-9,12-13,18,21-23H,4-6,10-11,14-17,19-20H2,1-3H3. The molecule has 2 atom stereocenters. The van der Waals surface area contributed by atoms with Gasteiger partial charge in [-0.1, -0.05) is 69.9 Å². The average Bonchev–Trinajstić information content (AvgIpc) is 2.70. The van der Waals surface area contributed by atoms with Crippen LogP contribution >= 0.6 is 0 Å². The summed E-state index contributed by atoms with van der Waals surface area (Å²) in [6, 6.07) is 10.2. The number of ether oxygens (including phenoxy) is 1. The number of para-hydroxylation sites is 1. The summed E-state index contributed by atoms with van der Waals surface area (Å²) in [5.74, 6) is 3.67. The van der Waals surface area contributed by atoms with Crippen LogP contribution in [0.2, 0.25) is 0 Å². The molecule has 0 saturated heterocycles. The third kappa shape index (κ3) is 7.17. The highest BCUT2D eigenvalue weighted by atomic mass is 16.5. The topological polar surface area (TPSA) is 9.23 Å². The molecular formula is C25H40O. The SMILES string of the molecule is CCC(CC)CCC1CC=C(C(CC)CCCOc2ccccc2)CC1. The van der Waals surface area contributed by atoms with Crippen LogP contribution in [0.3, 0.4) is 0 Å². The van der Waals surface area contributed by atoms with Gasteiger partial charge in [0, 0.05) is 0 Å². The predicted octanol–water partition coefficient (Wildman–Crippen LogP) is 7.81. The lowest BCUT2D eigenvalue weighted by atomic mass is 9.79. The first-order valence-electron chi connectivity index (χ1n) is 11.1. The average molecular weight is 357 g/mol. The highest BCUT2D eigenvalue weighted by molar-refractivity contribution is 5.20. The first kappa shape index (κ1) is 21.1. The van der Waals surface area contributed by atoms with Crippen molar-refractivity contribution in [3.63, 3.8) is 0 Å². The van der Waals surface area contributed by atoms with Crippen molar-refractivity contribution in [2.45, 2.75) is 85.0 Å². The Labute approximate surface area is 162 Å². The zero-order valence-electron chi connectivity index (χ0n) is 17.4. The van der Waals surface area contributed by atoms with Crippen LogP contribution in [-0.2, 0) is 0 Å². The van der Waals surface area contributed by atoms with Crippen LogP contribution < -0.4 is 4.74 Å². The molecule has 26 heavy (non-hydrogen) atoms. The molecule has 1 aliphatic carbocycles. The van der Waals surface area contributed by atoms with Gasteiger partial charge in [-0.05, 0) is 74.8 Å². The van der Waals surface area contributed by atoms with E-state index in [0.717, 1.165) is 36.5 Å². The van der Waals surface area contributed by atoms with Gasteiger partial charge in [0.25, 0.3) is 0 Å². The third-order valence-corrected chi connectivity index (χ3v) is 6.42. The van der Waals surface area contributed by atoms with Crippen LogP contribution in [0.4, 0.5) is 0 Å². The second-order valence-corrected chi connectivity index (χ2v) is 8.09. The molecule has 0 aromatic heterocycles. The number of hydrogen-bond donors (Lipinski definition) is 0. The zero-order valence-corrected chi connectivity index (χ0v) is 17.4. The minimum absolute atomic E-state index is 0.773. The Morgan fingerprint density at radius 1 is 1.00 bits per heavy atom.